The van der Waals surface area contributed by atoms with Crippen LogP contribution in [0.2, 0.25) is 0 Å². The van der Waals surface area contributed by atoms with Crippen molar-refractivity contribution in [2.45, 2.75) is 12.7 Å². The maximum absolute atomic E-state index is 11.8. The molecule has 11 heteroatoms. The van der Waals surface area contributed by atoms with E-state index in [0.717, 1.165) is 6.07 Å². The number of aromatic carboxylic acids is 1. The molecule has 0 bridgehead atoms. The summed E-state index contributed by atoms with van der Waals surface area (Å²) in [4.78, 5) is 10.5. The Balaban J connectivity index is 2.53. The molecular formula is C8H9F3N2O5S. The third-order valence-corrected chi connectivity index (χ3v) is 2.82. The number of carboxylic acid groups (broad SMARTS) is 1. The van der Waals surface area contributed by atoms with Crippen molar-refractivity contribution in [1.82, 2.24) is 9.44 Å². The molecule has 0 aromatic carbocycles. The first kappa shape index (κ1) is 15.5. The van der Waals surface area contributed by atoms with Crippen LogP contribution < -0.4 is 9.44 Å². The second-order valence-electron chi connectivity index (χ2n) is 3.33. The van der Waals surface area contributed by atoms with Crippen LogP contribution in [-0.4, -0.2) is 32.2 Å². The molecule has 19 heavy (non-hydrogen) atoms. The van der Waals surface area contributed by atoms with Crippen LogP contribution in [0.5, 0.6) is 0 Å². The second kappa shape index (κ2) is 5.59. The zero-order valence-corrected chi connectivity index (χ0v) is 10.0. The molecule has 0 fully saturated rings. The molecule has 7 nitrogen and oxygen atoms in total. The molecule has 1 rings (SSSR count). The first-order valence-corrected chi connectivity index (χ1v) is 6.20. The van der Waals surface area contributed by atoms with Crippen LogP contribution in [0.1, 0.15) is 16.3 Å². The summed E-state index contributed by atoms with van der Waals surface area (Å²) in [5.41, 5.74) is 0. The van der Waals surface area contributed by atoms with Gasteiger partial charge in [0.05, 0.1) is 6.54 Å². The molecule has 0 saturated heterocycles. The molecule has 0 aliphatic heterocycles. The van der Waals surface area contributed by atoms with Crippen LogP contribution in [0, 0.1) is 0 Å². The summed E-state index contributed by atoms with van der Waals surface area (Å²) in [6.07, 6.45) is -4.67. The Kier molecular flexibility index (Phi) is 4.55. The summed E-state index contributed by atoms with van der Waals surface area (Å²) in [6, 6.07) is 2.28. The van der Waals surface area contributed by atoms with Crippen molar-refractivity contribution < 1.29 is 35.9 Å². The van der Waals surface area contributed by atoms with Gasteiger partial charge in [0, 0.05) is 0 Å². The monoisotopic (exact) mass is 302 g/mol. The number of alkyl halides is 3. The average molecular weight is 302 g/mol. The highest BCUT2D eigenvalue weighted by Gasteiger charge is 2.29. The van der Waals surface area contributed by atoms with Gasteiger partial charge in [-0.3, -0.25) is 0 Å². The summed E-state index contributed by atoms with van der Waals surface area (Å²) in [6.45, 7) is -2.18. The van der Waals surface area contributed by atoms with Crippen molar-refractivity contribution in [3.63, 3.8) is 0 Å². The zero-order chi connectivity index (χ0) is 14.7. The molecule has 0 spiro atoms. The quantitative estimate of drug-likeness (QED) is 0.707. The number of hydrogen-bond acceptors (Lipinski definition) is 4. The van der Waals surface area contributed by atoms with E-state index in [0.29, 0.717) is 0 Å². The Hall–Kier alpha value is -1.59. The highest BCUT2D eigenvalue weighted by Crippen LogP contribution is 2.12. The molecule has 3 N–H and O–H groups in total. The SMILES string of the molecule is O=C(O)c1ccc(CNS(=O)(=O)NCC(F)(F)F)o1. The number of halogens is 3. The lowest BCUT2D eigenvalue weighted by Gasteiger charge is -2.09. The van der Waals surface area contributed by atoms with Gasteiger partial charge in [0.2, 0.25) is 5.76 Å². The predicted octanol–water partition coefficient (Wildman–Crippen LogP) is 0.464. The Morgan fingerprint density at radius 2 is 1.95 bits per heavy atom. The van der Waals surface area contributed by atoms with Crippen LogP contribution in [0.15, 0.2) is 16.5 Å². The fourth-order valence-electron chi connectivity index (χ4n) is 0.982. The minimum atomic E-state index is -4.67. The lowest BCUT2D eigenvalue weighted by molar-refractivity contribution is -0.121. The summed E-state index contributed by atoms with van der Waals surface area (Å²) in [7, 11) is -4.35. The van der Waals surface area contributed by atoms with E-state index in [1.807, 2.05) is 0 Å². The van der Waals surface area contributed by atoms with Gasteiger partial charge >= 0.3 is 12.1 Å². The molecule has 0 unspecified atom stereocenters. The van der Waals surface area contributed by atoms with Crippen molar-refractivity contribution in [2.75, 3.05) is 6.54 Å². The van der Waals surface area contributed by atoms with Gasteiger partial charge in [-0.25, -0.2) is 4.79 Å². The normalized spacial score (nSPS) is 12.6. The van der Waals surface area contributed by atoms with Crippen molar-refractivity contribution >= 4 is 16.2 Å². The largest absolute Gasteiger partial charge is 0.475 e. The molecule has 0 aliphatic rings. The van der Waals surface area contributed by atoms with E-state index in [2.05, 4.69) is 0 Å². The summed E-state index contributed by atoms with van der Waals surface area (Å²) >= 11 is 0. The fraction of sp³-hybridized carbons (Fsp3) is 0.375. The lowest BCUT2D eigenvalue weighted by atomic mass is 10.4. The zero-order valence-electron chi connectivity index (χ0n) is 9.19. The fourth-order valence-corrected chi connectivity index (χ4v) is 1.77. The Labute approximate surface area is 105 Å². The number of carboxylic acids is 1. The molecule has 1 aromatic rings. The first-order chi connectivity index (χ1) is 8.59. The highest BCUT2D eigenvalue weighted by molar-refractivity contribution is 7.87. The lowest BCUT2D eigenvalue weighted by Crippen LogP contribution is -2.41. The molecule has 1 aromatic heterocycles. The van der Waals surface area contributed by atoms with Gasteiger partial charge in [0.15, 0.2) is 0 Å². The Bertz CT molecular complexity index is 551. The molecule has 0 amide bonds. The third kappa shape index (κ3) is 5.72. The standard InChI is InChI=1S/C8H9F3N2O5S/c9-8(10,11)4-13-19(16,17)12-3-5-1-2-6(18-5)7(14)15/h1-2,12-13H,3-4H2,(H,14,15). The van der Waals surface area contributed by atoms with Crippen molar-refractivity contribution in [3.8, 4) is 0 Å². The van der Waals surface area contributed by atoms with E-state index in [9.17, 15) is 26.4 Å². The van der Waals surface area contributed by atoms with Gasteiger partial charge in [-0.05, 0) is 12.1 Å². The van der Waals surface area contributed by atoms with E-state index >= 15 is 0 Å². The van der Waals surface area contributed by atoms with E-state index in [-0.39, 0.29) is 5.76 Å². The molecule has 0 radical (unpaired) electrons. The van der Waals surface area contributed by atoms with Crippen molar-refractivity contribution in [3.05, 3.63) is 23.7 Å². The van der Waals surface area contributed by atoms with E-state index < -0.39 is 41.2 Å². The minimum Gasteiger partial charge on any atom is -0.475 e. The van der Waals surface area contributed by atoms with Crippen LogP contribution in [-0.2, 0) is 16.8 Å². The molecule has 0 aliphatic carbocycles. The molecule has 1 heterocycles. The van der Waals surface area contributed by atoms with Gasteiger partial charge in [-0.2, -0.15) is 31.0 Å². The molecule has 0 saturated carbocycles. The Morgan fingerprint density at radius 1 is 1.32 bits per heavy atom. The van der Waals surface area contributed by atoms with Gasteiger partial charge in [0.1, 0.15) is 12.3 Å². The van der Waals surface area contributed by atoms with Crippen LogP contribution in [0.25, 0.3) is 0 Å². The van der Waals surface area contributed by atoms with Crippen LogP contribution in [0.3, 0.4) is 0 Å². The van der Waals surface area contributed by atoms with E-state index in [4.69, 9.17) is 9.52 Å². The first-order valence-electron chi connectivity index (χ1n) is 4.72. The number of hydrogen-bond donors (Lipinski definition) is 3. The summed E-state index contributed by atoms with van der Waals surface area (Å²) in [5.74, 6) is -1.79. The van der Waals surface area contributed by atoms with E-state index in [1.165, 1.54) is 10.8 Å². The molecule has 0 atom stereocenters. The number of furan rings is 1. The van der Waals surface area contributed by atoms with Crippen LogP contribution in [0.4, 0.5) is 13.2 Å². The number of rotatable bonds is 6. The van der Waals surface area contributed by atoms with Crippen LogP contribution >= 0.6 is 0 Å². The maximum Gasteiger partial charge on any atom is 0.402 e. The second-order valence-corrected chi connectivity index (χ2v) is 4.92. The third-order valence-electron chi connectivity index (χ3n) is 1.77. The van der Waals surface area contributed by atoms with Gasteiger partial charge < -0.3 is 9.52 Å². The molecule has 108 valence electrons. The highest BCUT2D eigenvalue weighted by atomic mass is 32.2. The average Bonchev–Trinajstić information content (AvgIpc) is 2.72. The van der Waals surface area contributed by atoms with E-state index in [1.54, 1.807) is 4.72 Å². The summed E-state index contributed by atoms with van der Waals surface area (Å²) < 4.78 is 65.4. The Morgan fingerprint density at radius 3 is 2.42 bits per heavy atom. The van der Waals surface area contributed by atoms with Crippen molar-refractivity contribution in [2.24, 2.45) is 0 Å². The summed E-state index contributed by atoms with van der Waals surface area (Å²) in [5, 5.41) is 8.53. The van der Waals surface area contributed by atoms with Gasteiger partial charge in [-0.1, -0.05) is 0 Å². The number of nitrogens with one attached hydrogen (secondary N) is 2. The smallest absolute Gasteiger partial charge is 0.402 e. The topological polar surface area (TPSA) is 109 Å². The van der Waals surface area contributed by atoms with Gasteiger partial charge in [-0.15, -0.1) is 0 Å². The predicted molar refractivity (Wildman–Crippen MR) is 55.5 cm³/mol. The molecular weight excluding hydrogens is 293 g/mol. The van der Waals surface area contributed by atoms with Crippen molar-refractivity contribution in [1.29, 1.82) is 0 Å². The minimum absolute atomic E-state index is 0.0465. The maximum atomic E-state index is 11.8. The van der Waals surface area contributed by atoms with Gasteiger partial charge in [0.25, 0.3) is 10.2 Å². The number of carbonyl (C=O) groups is 1.